The number of anilines is 1. The smallest absolute Gasteiger partial charge is 0.294 e. The van der Waals surface area contributed by atoms with Gasteiger partial charge in [-0.1, -0.05) is 12.1 Å². The molecule has 2 rings (SSSR count). The molecule has 0 unspecified atom stereocenters. The Morgan fingerprint density at radius 1 is 1.05 bits per heavy atom. The number of rotatable bonds is 6. The van der Waals surface area contributed by atoms with Gasteiger partial charge in [0.25, 0.3) is 10.1 Å². The summed E-state index contributed by atoms with van der Waals surface area (Å²) in [5, 5.41) is 3.15. The molecule has 0 spiro atoms. The van der Waals surface area contributed by atoms with Crippen molar-refractivity contribution in [3.63, 3.8) is 0 Å². The van der Waals surface area contributed by atoms with Crippen molar-refractivity contribution < 1.29 is 22.4 Å². The normalized spacial score (nSPS) is 11.0. The van der Waals surface area contributed by atoms with E-state index in [1.807, 2.05) is 18.2 Å². The third-order valence-electron chi connectivity index (χ3n) is 3.12. The molecule has 0 heterocycles. The number of para-hydroxylation sites is 1. The molecule has 6 nitrogen and oxygen atoms in total. The van der Waals surface area contributed by atoms with E-state index in [9.17, 15) is 8.42 Å². The van der Waals surface area contributed by atoms with Gasteiger partial charge in [0.2, 0.25) is 0 Å². The number of nitrogens with one attached hydrogen (secondary N) is 1. The molecule has 0 aliphatic rings. The van der Waals surface area contributed by atoms with Crippen LogP contribution in [0.15, 0.2) is 47.4 Å². The molecule has 118 valence electrons. The molecular weight excluding hydrogens is 306 g/mol. The van der Waals surface area contributed by atoms with Crippen LogP contribution in [0.4, 0.5) is 5.69 Å². The molecule has 0 aromatic heterocycles. The first-order valence-corrected chi connectivity index (χ1v) is 7.91. The number of methoxy groups -OCH3 is 2. The van der Waals surface area contributed by atoms with Gasteiger partial charge in [-0.2, -0.15) is 8.42 Å². The molecule has 0 atom stereocenters. The van der Waals surface area contributed by atoms with Crippen molar-refractivity contribution in [2.45, 2.75) is 11.4 Å². The zero-order valence-electron chi connectivity index (χ0n) is 12.2. The Hall–Kier alpha value is -2.25. The lowest BCUT2D eigenvalue weighted by molar-refractivity contribution is 0.352. The molecule has 2 aromatic rings. The number of hydrogen-bond donors (Lipinski definition) is 2. The highest BCUT2D eigenvalue weighted by atomic mass is 32.2. The SMILES string of the molecule is COc1cccc(CNc2ccc(S(=O)(=O)O)cc2)c1OC. The molecule has 2 aromatic carbocycles. The third-order valence-corrected chi connectivity index (χ3v) is 3.99. The van der Waals surface area contributed by atoms with Crippen LogP contribution in [0.1, 0.15) is 5.56 Å². The van der Waals surface area contributed by atoms with Gasteiger partial charge >= 0.3 is 0 Å². The zero-order valence-corrected chi connectivity index (χ0v) is 13.1. The van der Waals surface area contributed by atoms with Crippen molar-refractivity contribution in [1.29, 1.82) is 0 Å². The summed E-state index contributed by atoms with van der Waals surface area (Å²) in [5.74, 6) is 1.29. The molecule has 0 aliphatic heterocycles. The molecule has 2 N–H and O–H groups in total. The summed E-state index contributed by atoms with van der Waals surface area (Å²) in [6.07, 6.45) is 0. The van der Waals surface area contributed by atoms with Crippen LogP contribution in [0.3, 0.4) is 0 Å². The van der Waals surface area contributed by atoms with E-state index in [1.165, 1.54) is 12.1 Å². The monoisotopic (exact) mass is 323 g/mol. The Bertz CT molecular complexity index is 741. The first-order chi connectivity index (χ1) is 10.5. The number of benzene rings is 2. The molecule has 0 saturated heterocycles. The second-order valence-electron chi connectivity index (χ2n) is 4.51. The van der Waals surface area contributed by atoms with Crippen molar-refractivity contribution in [2.75, 3.05) is 19.5 Å². The fraction of sp³-hybridized carbons (Fsp3) is 0.200. The molecule has 0 saturated carbocycles. The van der Waals surface area contributed by atoms with E-state index in [1.54, 1.807) is 26.4 Å². The molecule has 22 heavy (non-hydrogen) atoms. The van der Waals surface area contributed by atoms with E-state index in [0.717, 1.165) is 11.3 Å². The molecule has 0 radical (unpaired) electrons. The van der Waals surface area contributed by atoms with E-state index in [0.29, 0.717) is 18.0 Å². The van der Waals surface area contributed by atoms with Crippen LogP contribution in [0.5, 0.6) is 11.5 Å². The van der Waals surface area contributed by atoms with E-state index in [2.05, 4.69) is 5.32 Å². The van der Waals surface area contributed by atoms with Gasteiger partial charge in [0, 0.05) is 17.8 Å². The fourth-order valence-electron chi connectivity index (χ4n) is 2.03. The minimum Gasteiger partial charge on any atom is -0.493 e. The van der Waals surface area contributed by atoms with Crippen molar-refractivity contribution in [1.82, 2.24) is 0 Å². The van der Waals surface area contributed by atoms with E-state index in [4.69, 9.17) is 14.0 Å². The van der Waals surface area contributed by atoms with Gasteiger partial charge < -0.3 is 14.8 Å². The van der Waals surface area contributed by atoms with E-state index >= 15 is 0 Å². The Labute approximate surface area is 129 Å². The maximum absolute atomic E-state index is 11.0. The predicted molar refractivity (Wildman–Crippen MR) is 83.1 cm³/mol. The molecule has 0 bridgehead atoms. The minimum atomic E-state index is -4.17. The Morgan fingerprint density at radius 3 is 2.27 bits per heavy atom. The summed E-state index contributed by atoms with van der Waals surface area (Å²) in [4.78, 5) is -0.142. The summed E-state index contributed by atoms with van der Waals surface area (Å²) in [7, 11) is -1.03. The van der Waals surface area contributed by atoms with Gasteiger partial charge in [0.1, 0.15) is 0 Å². The lowest BCUT2D eigenvalue weighted by Crippen LogP contribution is -2.03. The zero-order chi connectivity index (χ0) is 16.2. The van der Waals surface area contributed by atoms with Crippen molar-refractivity contribution in [3.8, 4) is 11.5 Å². The van der Waals surface area contributed by atoms with Gasteiger partial charge in [0.05, 0.1) is 19.1 Å². The quantitative estimate of drug-likeness (QED) is 0.795. The lowest BCUT2D eigenvalue weighted by Gasteiger charge is -2.13. The molecule has 0 fully saturated rings. The van der Waals surface area contributed by atoms with Crippen LogP contribution in [0.25, 0.3) is 0 Å². The Balaban J connectivity index is 2.14. The number of hydrogen-bond acceptors (Lipinski definition) is 5. The van der Waals surface area contributed by atoms with Crippen molar-refractivity contribution in [3.05, 3.63) is 48.0 Å². The first-order valence-electron chi connectivity index (χ1n) is 6.47. The van der Waals surface area contributed by atoms with E-state index in [-0.39, 0.29) is 4.90 Å². The van der Waals surface area contributed by atoms with Crippen molar-refractivity contribution in [2.24, 2.45) is 0 Å². The lowest BCUT2D eigenvalue weighted by atomic mass is 10.1. The summed E-state index contributed by atoms with van der Waals surface area (Å²) >= 11 is 0. The highest BCUT2D eigenvalue weighted by molar-refractivity contribution is 7.85. The van der Waals surface area contributed by atoms with Gasteiger partial charge in [-0.3, -0.25) is 4.55 Å². The topological polar surface area (TPSA) is 84.9 Å². The van der Waals surface area contributed by atoms with Crippen LogP contribution < -0.4 is 14.8 Å². The number of ether oxygens (including phenoxy) is 2. The largest absolute Gasteiger partial charge is 0.493 e. The molecule has 0 aliphatic carbocycles. The van der Waals surface area contributed by atoms with Gasteiger partial charge in [-0.25, -0.2) is 0 Å². The van der Waals surface area contributed by atoms with Gasteiger partial charge in [-0.05, 0) is 30.3 Å². The Morgan fingerprint density at radius 2 is 1.73 bits per heavy atom. The Kier molecular flexibility index (Phi) is 4.89. The van der Waals surface area contributed by atoms with E-state index < -0.39 is 10.1 Å². The molecule has 7 heteroatoms. The standard InChI is InChI=1S/C15H17NO5S/c1-20-14-5-3-4-11(15(14)21-2)10-16-12-6-8-13(9-7-12)22(17,18)19/h3-9,16H,10H2,1-2H3,(H,17,18,19). The van der Waals surface area contributed by atoms with Gasteiger partial charge in [-0.15, -0.1) is 0 Å². The predicted octanol–water partition coefficient (Wildman–Crippen LogP) is 2.56. The maximum atomic E-state index is 11.0. The third kappa shape index (κ3) is 3.69. The highest BCUT2D eigenvalue weighted by Crippen LogP contribution is 2.31. The summed E-state index contributed by atoms with van der Waals surface area (Å²) in [6.45, 7) is 0.478. The average Bonchev–Trinajstić information content (AvgIpc) is 2.51. The van der Waals surface area contributed by atoms with Crippen LogP contribution in [-0.2, 0) is 16.7 Å². The average molecular weight is 323 g/mol. The fourth-order valence-corrected chi connectivity index (χ4v) is 2.51. The first kappa shape index (κ1) is 16.1. The summed E-state index contributed by atoms with van der Waals surface area (Å²) < 4.78 is 41.5. The van der Waals surface area contributed by atoms with Crippen LogP contribution >= 0.6 is 0 Å². The van der Waals surface area contributed by atoms with Crippen LogP contribution in [0, 0.1) is 0 Å². The van der Waals surface area contributed by atoms with Crippen LogP contribution in [0.2, 0.25) is 0 Å². The molecular formula is C15H17NO5S. The summed E-state index contributed by atoms with van der Waals surface area (Å²) in [5.41, 5.74) is 1.62. The van der Waals surface area contributed by atoms with Gasteiger partial charge in [0.15, 0.2) is 11.5 Å². The second-order valence-corrected chi connectivity index (χ2v) is 5.93. The highest BCUT2D eigenvalue weighted by Gasteiger charge is 2.10. The summed E-state index contributed by atoms with van der Waals surface area (Å²) in [6, 6.07) is 11.4. The minimum absolute atomic E-state index is 0.142. The second kappa shape index (κ2) is 6.67. The molecule has 0 amide bonds. The van der Waals surface area contributed by atoms with Crippen molar-refractivity contribution >= 4 is 15.8 Å². The maximum Gasteiger partial charge on any atom is 0.294 e. The van der Waals surface area contributed by atoms with Crippen LogP contribution in [-0.4, -0.2) is 27.2 Å².